The van der Waals surface area contributed by atoms with Crippen LogP contribution in [0.1, 0.15) is 0 Å². The van der Waals surface area contributed by atoms with Crippen molar-refractivity contribution in [2.24, 2.45) is 0 Å². The Bertz CT molecular complexity index is 3800. The molecule has 0 saturated carbocycles. The SMILES string of the molecule is c1ccc2c(-c3c4ccccc4c(-c4ccc(-c5ccc6oc7c(ccc8oc9ccc%10ccccc%10c9c87)c6c5)c5ccccc45)c4ccccc34)cccc2c1. The molecule has 268 valence electrons. The van der Waals surface area contributed by atoms with Gasteiger partial charge in [-0.1, -0.05) is 164 Å². The molecule has 0 amide bonds. The second-order valence-corrected chi connectivity index (χ2v) is 15.5. The molecule has 13 rings (SSSR count). The Morgan fingerprint density at radius 2 is 0.759 bits per heavy atom. The van der Waals surface area contributed by atoms with Crippen LogP contribution in [0.5, 0.6) is 0 Å². The van der Waals surface area contributed by atoms with E-state index in [2.05, 4.69) is 194 Å². The van der Waals surface area contributed by atoms with Gasteiger partial charge >= 0.3 is 0 Å². The molecule has 0 fully saturated rings. The molecule has 0 aliphatic heterocycles. The molecule has 2 heteroatoms. The van der Waals surface area contributed by atoms with Gasteiger partial charge in [0.15, 0.2) is 0 Å². The molecule has 2 aromatic heterocycles. The van der Waals surface area contributed by atoms with Crippen LogP contribution in [0.25, 0.3) is 131 Å². The third kappa shape index (κ3) is 4.37. The third-order valence-corrected chi connectivity index (χ3v) is 12.5. The van der Waals surface area contributed by atoms with E-state index in [1.54, 1.807) is 0 Å². The lowest BCUT2D eigenvalue weighted by atomic mass is 9.83. The van der Waals surface area contributed by atoms with Gasteiger partial charge in [-0.2, -0.15) is 0 Å². The molecule has 2 heterocycles. The van der Waals surface area contributed by atoms with Gasteiger partial charge in [0.2, 0.25) is 0 Å². The van der Waals surface area contributed by atoms with Gasteiger partial charge in [-0.25, -0.2) is 0 Å². The van der Waals surface area contributed by atoms with Crippen molar-refractivity contribution in [2.75, 3.05) is 0 Å². The van der Waals surface area contributed by atoms with Gasteiger partial charge < -0.3 is 8.83 Å². The average Bonchev–Trinajstić information content (AvgIpc) is 3.86. The molecule has 58 heavy (non-hydrogen) atoms. The summed E-state index contributed by atoms with van der Waals surface area (Å²) in [6.45, 7) is 0. The van der Waals surface area contributed by atoms with Crippen molar-refractivity contribution in [2.45, 2.75) is 0 Å². The van der Waals surface area contributed by atoms with Crippen LogP contribution in [-0.2, 0) is 0 Å². The van der Waals surface area contributed by atoms with Crippen molar-refractivity contribution in [1.29, 1.82) is 0 Å². The summed E-state index contributed by atoms with van der Waals surface area (Å²) in [5, 5.41) is 16.6. The lowest BCUT2D eigenvalue weighted by molar-refractivity contribution is 0.663. The van der Waals surface area contributed by atoms with Crippen molar-refractivity contribution in [3.05, 3.63) is 194 Å². The fourth-order valence-electron chi connectivity index (χ4n) is 9.95. The van der Waals surface area contributed by atoms with Gasteiger partial charge in [-0.05, 0) is 118 Å². The monoisotopic (exact) mass is 736 g/mol. The lowest BCUT2D eigenvalue weighted by Gasteiger charge is -2.20. The molecule has 11 aromatic carbocycles. The van der Waals surface area contributed by atoms with Crippen LogP contribution in [0.15, 0.2) is 203 Å². The van der Waals surface area contributed by atoms with E-state index >= 15 is 0 Å². The predicted octanol–water partition coefficient (Wildman–Crippen LogP) is 16.3. The highest BCUT2D eigenvalue weighted by Gasteiger charge is 2.22. The Morgan fingerprint density at radius 3 is 1.47 bits per heavy atom. The molecule has 13 aromatic rings. The fraction of sp³-hybridized carbons (Fsp3) is 0. The molecule has 0 aliphatic carbocycles. The van der Waals surface area contributed by atoms with Crippen molar-refractivity contribution in [3.8, 4) is 33.4 Å². The Hall–Kier alpha value is -7.68. The largest absolute Gasteiger partial charge is 0.456 e. The Morgan fingerprint density at radius 1 is 0.259 bits per heavy atom. The molecule has 0 unspecified atom stereocenters. The van der Waals surface area contributed by atoms with Gasteiger partial charge in [0.05, 0.1) is 5.39 Å². The predicted molar refractivity (Wildman–Crippen MR) is 245 cm³/mol. The van der Waals surface area contributed by atoms with Crippen LogP contribution in [0.2, 0.25) is 0 Å². The van der Waals surface area contributed by atoms with E-state index in [1.807, 2.05) is 0 Å². The standard InChI is InChI=1S/C56H32O2/c1-3-15-36-33(12-1)14-11-23-41(36)52-42-19-7-9-21-44(42)53(45-22-10-8-20-43(45)52)46-27-26-37(39-17-5-6-18-40(39)46)35-25-29-49-48(32-35)47-28-31-51-55(56(47)58-49)54-38-16-4-2-13-34(38)24-30-50(54)57-51/h1-32H. The zero-order valence-electron chi connectivity index (χ0n) is 31.3. The molecule has 0 spiro atoms. The van der Waals surface area contributed by atoms with Crippen LogP contribution >= 0.6 is 0 Å². The average molecular weight is 737 g/mol. The topological polar surface area (TPSA) is 26.3 Å². The lowest BCUT2D eigenvalue weighted by Crippen LogP contribution is -1.93. The molecular formula is C56H32O2. The van der Waals surface area contributed by atoms with Crippen LogP contribution in [-0.4, -0.2) is 0 Å². The number of hydrogen-bond donors (Lipinski definition) is 0. The summed E-state index contributed by atoms with van der Waals surface area (Å²) in [7, 11) is 0. The molecule has 0 bridgehead atoms. The Balaban J connectivity index is 1.04. The van der Waals surface area contributed by atoms with Crippen LogP contribution < -0.4 is 0 Å². The first-order valence-electron chi connectivity index (χ1n) is 19.9. The highest BCUT2D eigenvalue weighted by molar-refractivity contribution is 6.29. The van der Waals surface area contributed by atoms with Crippen LogP contribution in [0.3, 0.4) is 0 Å². The first-order chi connectivity index (χ1) is 28.8. The molecular weight excluding hydrogens is 705 g/mol. The van der Waals surface area contributed by atoms with Gasteiger partial charge in [-0.3, -0.25) is 0 Å². The maximum Gasteiger partial charge on any atom is 0.147 e. The summed E-state index contributed by atoms with van der Waals surface area (Å²) in [6, 6.07) is 70.4. The molecule has 0 N–H and O–H groups in total. The van der Waals surface area contributed by atoms with E-state index in [0.29, 0.717) is 0 Å². The first-order valence-corrected chi connectivity index (χ1v) is 19.9. The van der Waals surface area contributed by atoms with Crippen molar-refractivity contribution in [1.82, 2.24) is 0 Å². The van der Waals surface area contributed by atoms with E-state index in [0.717, 1.165) is 49.4 Å². The minimum atomic E-state index is 0.838. The number of hydrogen-bond acceptors (Lipinski definition) is 2. The van der Waals surface area contributed by atoms with Crippen LogP contribution in [0.4, 0.5) is 0 Å². The molecule has 0 saturated heterocycles. The van der Waals surface area contributed by atoms with E-state index in [1.165, 1.54) is 81.7 Å². The number of fused-ring (bicyclic) bond motifs is 13. The van der Waals surface area contributed by atoms with Gasteiger partial charge in [0.1, 0.15) is 22.3 Å². The zero-order valence-corrected chi connectivity index (χ0v) is 31.3. The zero-order chi connectivity index (χ0) is 37.9. The summed E-state index contributed by atoms with van der Waals surface area (Å²) >= 11 is 0. The number of benzene rings is 11. The smallest absolute Gasteiger partial charge is 0.147 e. The molecule has 0 aliphatic rings. The van der Waals surface area contributed by atoms with Crippen molar-refractivity contribution in [3.63, 3.8) is 0 Å². The van der Waals surface area contributed by atoms with Crippen molar-refractivity contribution < 1.29 is 8.83 Å². The quantitative estimate of drug-likeness (QED) is 0.169. The minimum absolute atomic E-state index is 0.838. The maximum absolute atomic E-state index is 6.72. The fourth-order valence-corrected chi connectivity index (χ4v) is 9.95. The van der Waals surface area contributed by atoms with Crippen LogP contribution in [0, 0.1) is 0 Å². The van der Waals surface area contributed by atoms with E-state index in [-0.39, 0.29) is 0 Å². The Kier molecular flexibility index (Phi) is 6.47. The maximum atomic E-state index is 6.72. The second-order valence-electron chi connectivity index (χ2n) is 15.5. The van der Waals surface area contributed by atoms with E-state index < -0.39 is 0 Å². The number of rotatable bonds is 3. The highest BCUT2D eigenvalue weighted by Crippen LogP contribution is 2.48. The summed E-state index contributed by atoms with van der Waals surface area (Å²) < 4.78 is 13.1. The Labute approximate surface area is 332 Å². The van der Waals surface area contributed by atoms with E-state index in [9.17, 15) is 0 Å². The minimum Gasteiger partial charge on any atom is -0.456 e. The molecule has 2 nitrogen and oxygen atoms in total. The van der Waals surface area contributed by atoms with E-state index in [4.69, 9.17) is 8.83 Å². The highest BCUT2D eigenvalue weighted by atomic mass is 16.3. The summed E-state index contributed by atoms with van der Waals surface area (Å²) in [4.78, 5) is 0. The third-order valence-electron chi connectivity index (χ3n) is 12.5. The summed E-state index contributed by atoms with van der Waals surface area (Å²) in [5.74, 6) is 0. The normalized spacial score (nSPS) is 12.1. The van der Waals surface area contributed by atoms with Gasteiger partial charge in [-0.15, -0.1) is 0 Å². The molecule has 0 atom stereocenters. The van der Waals surface area contributed by atoms with Gasteiger partial charge in [0.25, 0.3) is 0 Å². The second kappa shape index (κ2) is 11.9. The first kappa shape index (κ1) is 31.5. The molecule has 0 radical (unpaired) electrons. The summed E-state index contributed by atoms with van der Waals surface area (Å²) in [5.41, 5.74) is 10.8. The van der Waals surface area contributed by atoms with Crippen molar-refractivity contribution >= 4 is 97.7 Å². The number of furan rings is 2. The summed E-state index contributed by atoms with van der Waals surface area (Å²) in [6.07, 6.45) is 0. The van der Waals surface area contributed by atoms with Gasteiger partial charge in [0, 0.05) is 16.2 Å².